The summed E-state index contributed by atoms with van der Waals surface area (Å²) in [5.41, 5.74) is 7.35. The summed E-state index contributed by atoms with van der Waals surface area (Å²) in [6.45, 7) is 4.26. The maximum absolute atomic E-state index is 12.7. The molecule has 132 valence electrons. The van der Waals surface area contributed by atoms with Gasteiger partial charge in [0, 0.05) is 37.5 Å². The van der Waals surface area contributed by atoms with E-state index < -0.39 is 0 Å². The Morgan fingerprint density at radius 3 is 2.75 bits per heavy atom. The first-order chi connectivity index (χ1) is 11.7. The van der Waals surface area contributed by atoms with E-state index in [4.69, 9.17) is 5.73 Å². The van der Waals surface area contributed by atoms with Crippen LogP contribution in [0.15, 0.2) is 24.3 Å². The van der Waals surface area contributed by atoms with E-state index in [0.29, 0.717) is 31.7 Å². The van der Waals surface area contributed by atoms with Gasteiger partial charge in [-0.25, -0.2) is 0 Å². The van der Waals surface area contributed by atoms with Crippen LogP contribution in [0.4, 0.5) is 0 Å². The standard InChI is InChI=1S/C18H27N3O2S/c1-2-24-13-14-5-7-15(8-6-14)18(23)21-11-3-4-16(12-21)17(22)20-10-9-19/h5-8,16H,2-4,9-13,19H2,1H3,(H,20,22). The first-order valence-electron chi connectivity index (χ1n) is 8.59. The van der Waals surface area contributed by atoms with Gasteiger partial charge in [0.2, 0.25) is 5.91 Å². The lowest BCUT2D eigenvalue weighted by molar-refractivity contribution is -0.126. The minimum atomic E-state index is -0.130. The molecule has 0 bridgehead atoms. The van der Waals surface area contributed by atoms with Crippen molar-refractivity contribution in [3.63, 3.8) is 0 Å². The van der Waals surface area contributed by atoms with E-state index in [-0.39, 0.29) is 17.7 Å². The minimum absolute atomic E-state index is 0.00453. The highest BCUT2D eigenvalue weighted by molar-refractivity contribution is 7.98. The Bertz CT molecular complexity index is 548. The molecule has 1 aromatic carbocycles. The molecule has 1 aromatic rings. The van der Waals surface area contributed by atoms with Crippen molar-refractivity contribution in [2.24, 2.45) is 11.7 Å². The zero-order valence-electron chi connectivity index (χ0n) is 14.3. The number of hydrogen-bond acceptors (Lipinski definition) is 4. The Kier molecular flexibility index (Phi) is 7.59. The number of rotatable bonds is 7. The van der Waals surface area contributed by atoms with Crippen molar-refractivity contribution < 1.29 is 9.59 Å². The highest BCUT2D eigenvalue weighted by atomic mass is 32.2. The van der Waals surface area contributed by atoms with Gasteiger partial charge in [0.1, 0.15) is 0 Å². The largest absolute Gasteiger partial charge is 0.355 e. The van der Waals surface area contributed by atoms with Crippen LogP contribution in [0.2, 0.25) is 0 Å². The molecule has 5 nitrogen and oxygen atoms in total. The zero-order chi connectivity index (χ0) is 17.4. The molecule has 24 heavy (non-hydrogen) atoms. The van der Waals surface area contributed by atoms with E-state index >= 15 is 0 Å². The maximum Gasteiger partial charge on any atom is 0.253 e. The number of amides is 2. The summed E-state index contributed by atoms with van der Waals surface area (Å²) in [5, 5.41) is 2.82. The molecule has 0 spiro atoms. The maximum atomic E-state index is 12.7. The normalized spacial score (nSPS) is 17.6. The van der Waals surface area contributed by atoms with Crippen molar-refractivity contribution >= 4 is 23.6 Å². The van der Waals surface area contributed by atoms with Gasteiger partial charge in [0.05, 0.1) is 5.92 Å². The topological polar surface area (TPSA) is 75.4 Å². The number of nitrogens with zero attached hydrogens (tertiary/aromatic N) is 1. The molecule has 1 unspecified atom stereocenters. The van der Waals surface area contributed by atoms with Crippen molar-refractivity contribution in [3.05, 3.63) is 35.4 Å². The van der Waals surface area contributed by atoms with E-state index in [9.17, 15) is 9.59 Å². The van der Waals surface area contributed by atoms with Crippen molar-refractivity contribution in [1.82, 2.24) is 10.2 Å². The van der Waals surface area contributed by atoms with E-state index in [1.54, 1.807) is 4.90 Å². The fraction of sp³-hybridized carbons (Fsp3) is 0.556. The van der Waals surface area contributed by atoms with Crippen LogP contribution in [-0.4, -0.2) is 48.6 Å². The molecule has 3 N–H and O–H groups in total. The lowest BCUT2D eigenvalue weighted by Gasteiger charge is -2.32. The number of nitrogens with one attached hydrogen (secondary N) is 1. The third-order valence-electron chi connectivity index (χ3n) is 4.20. The summed E-state index contributed by atoms with van der Waals surface area (Å²) in [7, 11) is 0. The van der Waals surface area contributed by atoms with Gasteiger partial charge >= 0.3 is 0 Å². The second kappa shape index (κ2) is 9.69. The number of likely N-dealkylation sites (tertiary alicyclic amines) is 1. The van der Waals surface area contributed by atoms with Gasteiger partial charge in [-0.2, -0.15) is 11.8 Å². The van der Waals surface area contributed by atoms with Crippen LogP contribution in [0.1, 0.15) is 35.7 Å². The highest BCUT2D eigenvalue weighted by Crippen LogP contribution is 2.20. The monoisotopic (exact) mass is 349 g/mol. The number of piperidine rings is 1. The quantitative estimate of drug-likeness (QED) is 0.788. The molecular weight excluding hydrogens is 322 g/mol. The Morgan fingerprint density at radius 2 is 2.08 bits per heavy atom. The number of carbonyl (C=O) groups is 2. The smallest absolute Gasteiger partial charge is 0.253 e. The number of nitrogens with two attached hydrogens (primary N) is 1. The van der Waals surface area contributed by atoms with Crippen molar-refractivity contribution in [3.8, 4) is 0 Å². The number of carbonyl (C=O) groups excluding carboxylic acids is 2. The molecule has 0 radical (unpaired) electrons. The SMILES string of the molecule is CCSCc1ccc(C(=O)N2CCCC(C(=O)NCCN)C2)cc1. The van der Waals surface area contributed by atoms with Gasteiger partial charge in [-0.15, -0.1) is 0 Å². The fourth-order valence-corrected chi connectivity index (χ4v) is 3.49. The second-order valence-corrected chi connectivity index (χ2v) is 7.28. The van der Waals surface area contributed by atoms with E-state index in [2.05, 4.69) is 12.2 Å². The number of benzene rings is 1. The van der Waals surface area contributed by atoms with Crippen LogP contribution in [0.3, 0.4) is 0 Å². The van der Waals surface area contributed by atoms with Crippen LogP contribution in [0, 0.1) is 5.92 Å². The second-order valence-electron chi connectivity index (χ2n) is 6.00. The van der Waals surface area contributed by atoms with Crippen LogP contribution in [0.5, 0.6) is 0 Å². The predicted molar refractivity (Wildman–Crippen MR) is 99.0 cm³/mol. The number of thioether (sulfide) groups is 1. The molecule has 0 aromatic heterocycles. The average molecular weight is 350 g/mol. The summed E-state index contributed by atoms with van der Waals surface area (Å²) in [6.07, 6.45) is 1.69. The summed E-state index contributed by atoms with van der Waals surface area (Å²) >= 11 is 1.86. The minimum Gasteiger partial charge on any atom is -0.355 e. The Balaban J connectivity index is 1.94. The van der Waals surface area contributed by atoms with Crippen LogP contribution in [0.25, 0.3) is 0 Å². The first kappa shape index (κ1) is 18.8. The molecule has 1 aliphatic rings. The molecule has 0 aliphatic carbocycles. The summed E-state index contributed by atoms with van der Waals surface area (Å²) in [4.78, 5) is 26.6. The van der Waals surface area contributed by atoms with E-state index in [0.717, 1.165) is 24.3 Å². The highest BCUT2D eigenvalue weighted by Gasteiger charge is 2.28. The van der Waals surface area contributed by atoms with Crippen molar-refractivity contribution in [2.45, 2.75) is 25.5 Å². The van der Waals surface area contributed by atoms with Gasteiger partial charge in [-0.3, -0.25) is 9.59 Å². The number of hydrogen-bond donors (Lipinski definition) is 2. The Hall–Kier alpha value is -1.53. The molecule has 0 saturated carbocycles. The molecule has 1 fully saturated rings. The first-order valence-corrected chi connectivity index (χ1v) is 9.75. The summed E-state index contributed by atoms with van der Waals surface area (Å²) in [6, 6.07) is 7.83. The van der Waals surface area contributed by atoms with Gasteiger partial charge < -0.3 is 16.0 Å². The van der Waals surface area contributed by atoms with Gasteiger partial charge in [0.25, 0.3) is 5.91 Å². The average Bonchev–Trinajstić information content (AvgIpc) is 2.64. The molecule has 2 amide bonds. The lowest BCUT2D eigenvalue weighted by Crippen LogP contribution is -2.46. The van der Waals surface area contributed by atoms with Crippen LogP contribution in [-0.2, 0) is 10.5 Å². The lowest BCUT2D eigenvalue weighted by atomic mass is 9.96. The van der Waals surface area contributed by atoms with Gasteiger partial charge in [0.15, 0.2) is 0 Å². The third kappa shape index (κ3) is 5.24. The van der Waals surface area contributed by atoms with E-state index in [1.807, 2.05) is 36.0 Å². The predicted octanol–water partition coefficient (Wildman–Crippen LogP) is 1.87. The van der Waals surface area contributed by atoms with Crippen LogP contribution < -0.4 is 11.1 Å². The fourth-order valence-electron chi connectivity index (χ4n) is 2.86. The van der Waals surface area contributed by atoms with E-state index in [1.165, 1.54) is 5.56 Å². The molecule has 1 saturated heterocycles. The Labute approximate surface area is 148 Å². The Morgan fingerprint density at radius 1 is 1.33 bits per heavy atom. The third-order valence-corrected chi connectivity index (χ3v) is 5.14. The molecule has 1 aliphatic heterocycles. The molecule has 2 rings (SSSR count). The van der Waals surface area contributed by atoms with Gasteiger partial charge in [-0.05, 0) is 36.3 Å². The summed E-state index contributed by atoms with van der Waals surface area (Å²) < 4.78 is 0. The molecule has 1 heterocycles. The van der Waals surface area contributed by atoms with Crippen molar-refractivity contribution in [2.75, 3.05) is 31.9 Å². The van der Waals surface area contributed by atoms with Gasteiger partial charge in [-0.1, -0.05) is 19.1 Å². The molecule has 6 heteroatoms. The van der Waals surface area contributed by atoms with Crippen molar-refractivity contribution in [1.29, 1.82) is 0 Å². The van der Waals surface area contributed by atoms with Crippen LogP contribution >= 0.6 is 11.8 Å². The molecular formula is C18H27N3O2S. The molecule has 1 atom stereocenters. The zero-order valence-corrected chi connectivity index (χ0v) is 15.1. The summed E-state index contributed by atoms with van der Waals surface area (Å²) in [5.74, 6) is 1.94.